The summed E-state index contributed by atoms with van der Waals surface area (Å²) in [6, 6.07) is 1.93. The standard InChI is InChI=1S/C16H27NO2/c1-11(2)14-5-4-12(3)8-15(14)19-10-16-13(9-17)6-7-18-16/h6-7,11-12,14-15H,4-5,8-10,17H2,1-3H3. The van der Waals surface area contributed by atoms with Gasteiger partial charge in [0.05, 0.1) is 12.4 Å². The van der Waals surface area contributed by atoms with Gasteiger partial charge < -0.3 is 14.9 Å². The van der Waals surface area contributed by atoms with Crippen molar-refractivity contribution in [3.8, 4) is 0 Å². The molecule has 3 heteroatoms. The maximum atomic E-state index is 6.16. The van der Waals surface area contributed by atoms with Crippen LogP contribution in [0.4, 0.5) is 0 Å². The highest BCUT2D eigenvalue weighted by Crippen LogP contribution is 2.35. The van der Waals surface area contributed by atoms with Crippen molar-refractivity contribution < 1.29 is 9.15 Å². The lowest BCUT2D eigenvalue weighted by Crippen LogP contribution is -2.34. The van der Waals surface area contributed by atoms with Crippen LogP contribution in [0.15, 0.2) is 16.7 Å². The summed E-state index contributed by atoms with van der Waals surface area (Å²) < 4.78 is 11.6. The van der Waals surface area contributed by atoms with Gasteiger partial charge in [0.25, 0.3) is 0 Å². The lowest BCUT2D eigenvalue weighted by Gasteiger charge is -2.37. The molecular weight excluding hydrogens is 238 g/mol. The normalized spacial score (nSPS) is 27.9. The number of ether oxygens (including phenoxy) is 1. The predicted molar refractivity (Wildman–Crippen MR) is 76.5 cm³/mol. The average molecular weight is 265 g/mol. The van der Waals surface area contributed by atoms with E-state index in [1.807, 2.05) is 6.07 Å². The molecule has 0 aliphatic heterocycles. The molecule has 19 heavy (non-hydrogen) atoms. The number of hydrogen-bond donors (Lipinski definition) is 1. The first-order valence-electron chi connectivity index (χ1n) is 7.48. The molecule has 1 aromatic rings. The summed E-state index contributed by atoms with van der Waals surface area (Å²) >= 11 is 0. The maximum absolute atomic E-state index is 6.16. The van der Waals surface area contributed by atoms with E-state index in [9.17, 15) is 0 Å². The van der Waals surface area contributed by atoms with Crippen LogP contribution in [-0.2, 0) is 17.9 Å². The van der Waals surface area contributed by atoms with Gasteiger partial charge >= 0.3 is 0 Å². The highest BCUT2D eigenvalue weighted by Gasteiger charge is 2.31. The molecule has 0 saturated heterocycles. The maximum Gasteiger partial charge on any atom is 0.133 e. The average Bonchev–Trinajstić information content (AvgIpc) is 2.83. The van der Waals surface area contributed by atoms with Gasteiger partial charge in [0.2, 0.25) is 0 Å². The first-order chi connectivity index (χ1) is 9.11. The molecule has 1 aliphatic carbocycles. The molecular formula is C16H27NO2. The molecule has 0 aromatic carbocycles. The van der Waals surface area contributed by atoms with E-state index >= 15 is 0 Å². The SMILES string of the molecule is CC1CCC(C(C)C)C(OCc2occc2CN)C1. The van der Waals surface area contributed by atoms with Crippen LogP contribution in [-0.4, -0.2) is 6.10 Å². The second-order valence-electron chi connectivity index (χ2n) is 6.25. The largest absolute Gasteiger partial charge is 0.467 e. The highest BCUT2D eigenvalue weighted by molar-refractivity contribution is 5.15. The van der Waals surface area contributed by atoms with Crippen molar-refractivity contribution in [3.63, 3.8) is 0 Å². The Bertz CT molecular complexity index is 386. The molecule has 2 rings (SSSR count). The topological polar surface area (TPSA) is 48.4 Å². The quantitative estimate of drug-likeness (QED) is 0.882. The minimum Gasteiger partial charge on any atom is -0.467 e. The molecule has 0 bridgehead atoms. The van der Waals surface area contributed by atoms with Gasteiger partial charge in [-0.15, -0.1) is 0 Å². The molecule has 1 aromatic heterocycles. The predicted octanol–water partition coefficient (Wildman–Crippen LogP) is 3.72. The lowest BCUT2D eigenvalue weighted by molar-refractivity contribution is -0.0525. The summed E-state index contributed by atoms with van der Waals surface area (Å²) in [7, 11) is 0. The summed E-state index contributed by atoms with van der Waals surface area (Å²) in [6.07, 6.45) is 5.84. The fourth-order valence-electron chi connectivity index (χ4n) is 3.16. The molecule has 0 amide bonds. The van der Waals surface area contributed by atoms with Crippen molar-refractivity contribution in [2.45, 2.75) is 59.3 Å². The van der Waals surface area contributed by atoms with E-state index < -0.39 is 0 Å². The Balaban J connectivity index is 1.95. The summed E-state index contributed by atoms with van der Waals surface area (Å²) in [5.74, 6) is 3.02. The van der Waals surface area contributed by atoms with E-state index in [2.05, 4.69) is 20.8 Å². The number of nitrogens with two attached hydrogens (primary N) is 1. The Morgan fingerprint density at radius 1 is 1.42 bits per heavy atom. The van der Waals surface area contributed by atoms with Crippen LogP contribution < -0.4 is 5.73 Å². The second kappa shape index (κ2) is 6.58. The van der Waals surface area contributed by atoms with Crippen molar-refractivity contribution in [2.24, 2.45) is 23.5 Å². The fourth-order valence-corrected chi connectivity index (χ4v) is 3.16. The zero-order chi connectivity index (χ0) is 13.8. The van der Waals surface area contributed by atoms with Gasteiger partial charge in [-0.2, -0.15) is 0 Å². The lowest BCUT2D eigenvalue weighted by atomic mass is 9.75. The molecule has 3 unspecified atom stereocenters. The minimum absolute atomic E-state index is 0.361. The van der Waals surface area contributed by atoms with E-state index in [1.165, 1.54) is 19.3 Å². The molecule has 1 fully saturated rings. The zero-order valence-electron chi connectivity index (χ0n) is 12.4. The van der Waals surface area contributed by atoms with Crippen LogP contribution >= 0.6 is 0 Å². The Labute approximate surface area is 116 Å². The van der Waals surface area contributed by atoms with Crippen LogP contribution in [0.2, 0.25) is 0 Å². The molecule has 3 atom stereocenters. The van der Waals surface area contributed by atoms with Gasteiger partial charge in [0.1, 0.15) is 12.4 Å². The monoisotopic (exact) mass is 265 g/mol. The highest BCUT2D eigenvalue weighted by atomic mass is 16.5. The van der Waals surface area contributed by atoms with Crippen LogP contribution in [0.1, 0.15) is 51.4 Å². The molecule has 3 nitrogen and oxygen atoms in total. The summed E-state index contributed by atoms with van der Waals surface area (Å²) in [5.41, 5.74) is 6.75. The molecule has 0 spiro atoms. The molecule has 2 N–H and O–H groups in total. The van der Waals surface area contributed by atoms with Crippen LogP contribution in [0, 0.1) is 17.8 Å². The van der Waals surface area contributed by atoms with E-state index in [0.717, 1.165) is 17.2 Å². The first kappa shape index (κ1) is 14.6. The number of hydrogen-bond acceptors (Lipinski definition) is 3. The smallest absolute Gasteiger partial charge is 0.133 e. The third kappa shape index (κ3) is 3.61. The minimum atomic E-state index is 0.361. The Hall–Kier alpha value is -0.800. The van der Waals surface area contributed by atoms with Gasteiger partial charge in [0.15, 0.2) is 0 Å². The van der Waals surface area contributed by atoms with E-state index in [4.69, 9.17) is 14.9 Å². The third-order valence-electron chi connectivity index (χ3n) is 4.45. The van der Waals surface area contributed by atoms with Gasteiger partial charge in [-0.3, -0.25) is 0 Å². The van der Waals surface area contributed by atoms with Gasteiger partial charge in [0, 0.05) is 12.1 Å². The van der Waals surface area contributed by atoms with Crippen molar-refractivity contribution in [2.75, 3.05) is 0 Å². The van der Waals surface area contributed by atoms with E-state index in [0.29, 0.717) is 31.1 Å². The first-order valence-corrected chi connectivity index (χ1v) is 7.48. The molecule has 0 radical (unpaired) electrons. The molecule has 108 valence electrons. The Morgan fingerprint density at radius 3 is 2.89 bits per heavy atom. The van der Waals surface area contributed by atoms with Gasteiger partial charge in [-0.25, -0.2) is 0 Å². The van der Waals surface area contributed by atoms with Crippen molar-refractivity contribution in [3.05, 3.63) is 23.7 Å². The van der Waals surface area contributed by atoms with Crippen molar-refractivity contribution in [1.29, 1.82) is 0 Å². The number of furan rings is 1. The fraction of sp³-hybridized carbons (Fsp3) is 0.750. The summed E-state index contributed by atoms with van der Waals surface area (Å²) in [6.45, 7) is 8.00. The van der Waals surface area contributed by atoms with Crippen LogP contribution in [0.25, 0.3) is 0 Å². The van der Waals surface area contributed by atoms with Crippen molar-refractivity contribution >= 4 is 0 Å². The van der Waals surface area contributed by atoms with Crippen LogP contribution in [0.5, 0.6) is 0 Å². The van der Waals surface area contributed by atoms with E-state index in [1.54, 1.807) is 6.26 Å². The van der Waals surface area contributed by atoms with Gasteiger partial charge in [-0.05, 0) is 36.7 Å². The second-order valence-corrected chi connectivity index (χ2v) is 6.25. The van der Waals surface area contributed by atoms with E-state index in [-0.39, 0.29) is 0 Å². The summed E-state index contributed by atoms with van der Waals surface area (Å²) in [5, 5.41) is 0. The molecule has 1 heterocycles. The van der Waals surface area contributed by atoms with Crippen LogP contribution in [0.3, 0.4) is 0 Å². The summed E-state index contributed by atoms with van der Waals surface area (Å²) in [4.78, 5) is 0. The van der Waals surface area contributed by atoms with Crippen molar-refractivity contribution in [1.82, 2.24) is 0 Å². The third-order valence-corrected chi connectivity index (χ3v) is 4.45. The van der Waals surface area contributed by atoms with Gasteiger partial charge in [-0.1, -0.05) is 27.2 Å². The molecule has 1 saturated carbocycles. The molecule has 1 aliphatic rings. The Morgan fingerprint density at radius 2 is 2.21 bits per heavy atom. The number of rotatable bonds is 5. The Kier molecular flexibility index (Phi) is 5.06. The zero-order valence-corrected chi connectivity index (χ0v) is 12.4.